The van der Waals surface area contributed by atoms with E-state index >= 15 is 0 Å². The van der Waals surface area contributed by atoms with Gasteiger partial charge in [-0.25, -0.2) is 8.42 Å². The second kappa shape index (κ2) is 6.18. The average Bonchev–Trinajstić information content (AvgIpc) is 2.83. The van der Waals surface area contributed by atoms with Crippen LogP contribution >= 0.6 is 0 Å². The summed E-state index contributed by atoms with van der Waals surface area (Å²) in [6.45, 7) is 1.59. The predicted octanol–water partition coefficient (Wildman–Crippen LogP) is 2.69. The minimum absolute atomic E-state index is 0.0374. The highest BCUT2D eigenvalue weighted by atomic mass is 32.2. The van der Waals surface area contributed by atoms with Crippen molar-refractivity contribution in [3.63, 3.8) is 0 Å². The fourth-order valence-electron chi connectivity index (χ4n) is 2.80. The average molecular weight is 330 g/mol. The van der Waals surface area contributed by atoms with Crippen LogP contribution in [0.5, 0.6) is 0 Å². The molecular formula is C18H18O4S. The third kappa shape index (κ3) is 3.02. The summed E-state index contributed by atoms with van der Waals surface area (Å²) in [6, 6.07) is 17.7. The molecule has 1 heterocycles. The predicted molar refractivity (Wildman–Crippen MR) is 87.4 cm³/mol. The first kappa shape index (κ1) is 15.8. The molecule has 2 aromatic carbocycles. The Hall–Kier alpha value is -2.11. The molecule has 1 aliphatic heterocycles. The van der Waals surface area contributed by atoms with Crippen molar-refractivity contribution in [2.24, 2.45) is 0 Å². The third-order valence-electron chi connectivity index (χ3n) is 3.92. The van der Waals surface area contributed by atoms with Gasteiger partial charge in [-0.1, -0.05) is 48.5 Å². The number of benzene rings is 2. The molecule has 0 bridgehead atoms. The number of allylic oxidation sites excluding steroid dienone is 1. The molecule has 0 fully saturated rings. The minimum Gasteiger partial charge on any atom is -0.490 e. The van der Waals surface area contributed by atoms with Crippen LogP contribution in [0.15, 0.2) is 76.2 Å². The molecule has 2 unspecified atom stereocenters. The van der Waals surface area contributed by atoms with E-state index in [1.807, 2.05) is 30.3 Å². The van der Waals surface area contributed by atoms with E-state index in [-0.39, 0.29) is 15.6 Å². The lowest BCUT2D eigenvalue weighted by Crippen LogP contribution is -2.29. The highest BCUT2D eigenvalue weighted by Crippen LogP contribution is 2.34. The minimum atomic E-state index is -3.76. The molecule has 0 saturated carbocycles. The second-order valence-electron chi connectivity index (χ2n) is 5.53. The highest BCUT2D eigenvalue weighted by molar-refractivity contribution is 7.95. The summed E-state index contributed by atoms with van der Waals surface area (Å²) < 4.78 is 31.2. The number of aliphatic hydroxyl groups is 1. The Morgan fingerprint density at radius 1 is 1.00 bits per heavy atom. The van der Waals surface area contributed by atoms with Crippen LogP contribution in [0.3, 0.4) is 0 Å². The van der Waals surface area contributed by atoms with E-state index in [9.17, 15) is 13.5 Å². The van der Waals surface area contributed by atoms with E-state index in [2.05, 4.69) is 0 Å². The van der Waals surface area contributed by atoms with Crippen molar-refractivity contribution in [3.05, 3.63) is 76.9 Å². The number of ether oxygens (including phenoxy) is 1. The Labute approximate surface area is 136 Å². The highest BCUT2D eigenvalue weighted by Gasteiger charge is 2.41. The Kier molecular flexibility index (Phi) is 4.24. The third-order valence-corrected chi connectivity index (χ3v) is 5.92. The van der Waals surface area contributed by atoms with Gasteiger partial charge in [-0.3, -0.25) is 0 Å². The number of hydrogen-bond donors (Lipinski definition) is 1. The van der Waals surface area contributed by atoms with Gasteiger partial charge in [0.15, 0.2) is 0 Å². The molecule has 23 heavy (non-hydrogen) atoms. The first-order chi connectivity index (χ1) is 11.0. The fourth-order valence-corrected chi connectivity index (χ4v) is 4.47. The lowest BCUT2D eigenvalue weighted by molar-refractivity contribution is 0.0520. The van der Waals surface area contributed by atoms with Gasteiger partial charge < -0.3 is 9.84 Å². The molecule has 2 aromatic rings. The van der Waals surface area contributed by atoms with Crippen LogP contribution in [0.4, 0.5) is 0 Å². The van der Waals surface area contributed by atoms with Crippen molar-refractivity contribution < 1.29 is 18.3 Å². The zero-order valence-corrected chi connectivity index (χ0v) is 13.5. The molecule has 4 nitrogen and oxygen atoms in total. The second-order valence-corrected chi connectivity index (χ2v) is 7.45. The van der Waals surface area contributed by atoms with Gasteiger partial charge in [0.1, 0.15) is 22.9 Å². The van der Waals surface area contributed by atoms with Crippen molar-refractivity contribution >= 4 is 9.84 Å². The molecule has 0 aromatic heterocycles. The van der Waals surface area contributed by atoms with Gasteiger partial charge in [0.05, 0.1) is 4.90 Å². The van der Waals surface area contributed by atoms with E-state index in [0.717, 1.165) is 5.56 Å². The fraction of sp³-hybridized carbons (Fsp3) is 0.222. The smallest absolute Gasteiger partial charge is 0.208 e. The number of hydrogen-bond acceptors (Lipinski definition) is 4. The van der Waals surface area contributed by atoms with Gasteiger partial charge in [0, 0.05) is 6.42 Å². The van der Waals surface area contributed by atoms with Crippen molar-refractivity contribution in [3.8, 4) is 0 Å². The SMILES string of the molecule is CC1=C(S(=O)(=O)c2ccccc2)C(O)C(Cc2ccccc2)O1. The Balaban J connectivity index is 1.88. The first-order valence-corrected chi connectivity index (χ1v) is 8.88. The van der Waals surface area contributed by atoms with Gasteiger partial charge in [0.25, 0.3) is 0 Å². The first-order valence-electron chi connectivity index (χ1n) is 7.39. The van der Waals surface area contributed by atoms with Crippen molar-refractivity contribution in [1.82, 2.24) is 0 Å². The molecule has 120 valence electrons. The van der Waals surface area contributed by atoms with Gasteiger partial charge in [-0.05, 0) is 24.6 Å². The summed E-state index contributed by atoms with van der Waals surface area (Å²) in [5, 5.41) is 10.5. The lowest BCUT2D eigenvalue weighted by Gasteiger charge is -2.16. The molecule has 3 rings (SSSR count). The van der Waals surface area contributed by atoms with Crippen LogP contribution in [0.1, 0.15) is 12.5 Å². The van der Waals surface area contributed by atoms with Crippen LogP contribution in [0, 0.1) is 0 Å². The monoisotopic (exact) mass is 330 g/mol. The van der Waals surface area contributed by atoms with Crippen molar-refractivity contribution in [1.29, 1.82) is 0 Å². The zero-order valence-electron chi connectivity index (χ0n) is 12.7. The standard InChI is InChI=1S/C18H18O4S/c1-13-18(23(20,21)15-10-6-3-7-11-15)17(19)16(22-13)12-14-8-4-2-5-9-14/h2-11,16-17,19H,12H2,1H3. The molecule has 1 aliphatic rings. The largest absolute Gasteiger partial charge is 0.490 e. The van der Waals surface area contributed by atoms with E-state index < -0.39 is 22.0 Å². The van der Waals surface area contributed by atoms with Gasteiger partial charge in [0.2, 0.25) is 9.84 Å². The topological polar surface area (TPSA) is 63.6 Å². The van der Waals surface area contributed by atoms with Crippen LogP contribution in [0.25, 0.3) is 0 Å². The molecule has 5 heteroatoms. The number of sulfone groups is 1. The molecule has 0 saturated heterocycles. The van der Waals surface area contributed by atoms with E-state index in [1.54, 1.807) is 25.1 Å². The van der Waals surface area contributed by atoms with Crippen LogP contribution < -0.4 is 0 Å². The quantitative estimate of drug-likeness (QED) is 0.936. The number of rotatable bonds is 4. The maximum atomic E-state index is 12.8. The molecule has 1 N–H and O–H groups in total. The summed E-state index contributed by atoms with van der Waals surface area (Å²) in [5.74, 6) is 0.266. The molecule has 0 radical (unpaired) electrons. The molecule has 2 atom stereocenters. The molecular weight excluding hydrogens is 312 g/mol. The summed E-state index contributed by atoms with van der Waals surface area (Å²) in [7, 11) is -3.76. The van der Waals surface area contributed by atoms with Gasteiger partial charge >= 0.3 is 0 Å². The van der Waals surface area contributed by atoms with E-state index in [4.69, 9.17) is 4.74 Å². The summed E-state index contributed by atoms with van der Waals surface area (Å²) in [6.07, 6.45) is -1.31. The Bertz CT molecular complexity index is 811. The lowest BCUT2D eigenvalue weighted by atomic mass is 10.0. The normalized spacial score (nSPS) is 21.3. The molecule has 0 amide bonds. The maximum absolute atomic E-state index is 12.8. The van der Waals surface area contributed by atoms with E-state index in [0.29, 0.717) is 6.42 Å². The zero-order chi connectivity index (χ0) is 16.4. The van der Waals surface area contributed by atoms with Gasteiger partial charge in [-0.15, -0.1) is 0 Å². The van der Waals surface area contributed by atoms with Crippen molar-refractivity contribution in [2.45, 2.75) is 30.4 Å². The Morgan fingerprint density at radius 3 is 2.17 bits per heavy atom. The van der Waals surface area contributed by atoms with Crippen LogP contribution in [0.2, 0.25) is 0 Å². The summed E-state index contributed by atoms with van der Waals surface area (Å²) in [4.78, 5) is 0.127. The van der Waals surface area contributed by atoms with Crippen molar-refractivity contribution in [2.75, 3.05) is 0 Å². The molecule has 0 spiro atoms. The van der Waals surface area contributed by atoms with E-state index in [1.165, 1.54) is 12.1 Å². The molecule has 0 aliphatic carbocycles. The van der Waals surface area contributed by atoms with Crippen LogP contribution in [-0.2, 0) is 21.0 Å². The summed E-state index contributed by atoms with van der Waals surface area (Å²) >= 11 is 0. The maximum Gasteiger partial charge on any atom is 0.208 e. The van der Waals surface area contributed by atoms with Gasteiger partial charge in [-0.2, -0.15) is 0 Å². The number of aliphatic hydroxyl groups excluding tert-OH is 1. The summed E-state index contributed by atoms with van der Waals surface area (Å²) in [5.41, 5.74) is 0.989. The van der Waals surface area contributed by atoms with Crippen LogP contribution in [-0.4, -0.2) is 25.7 Å². The Morgan fingerprint density at radius 2 is 1.57 bits per heavy atom.